The van der Waals surface area contributed by atoms with Gasteiger partial charge in [0.25, 0.3) is 0 Å². The van der Waals surface area contributed by atoms with Crippen molar-refractivity contribution in [3.05, 3.63) is 46.3 Å². The lowest BCUT2D eigenvalue weighted by molar-refractivity contribution is -0.177. The quantitative estimate of drug-likeness (QED) is 0.794. The van der Waals surface area contributed by atoms with Gasteiger partial charge in [-0.2, -0.15) is 13.2 Å². The molecule has 2 aromatic rings. The molecule has 1 aliphatic carbocycles. The number of fused-ring (bicyclic) bond motifs is 2. The summed E-state index contributed by atoms with van der Waals surface area (Å²) >= 11 is 0. The normalized spacial score (nSPS) is 20.5. The summed E-state index contributed by atoms with van der Waals surface area (Å²) in [5.74, 6) is -0.710. The third-order valence-corrected chi connectivity index (χ3v) is 5.40. The summed E-state index contributed by atoms with van der Waals surface area (Å²) in [6.07, 6.45) is -4.77. The smallest absolute Gasteiger partial charge is 0.364 e. The van der Waals surface area contributed by atoms with Gasteiger partial charge in [-0.25, -0.2) is 4.98 Å². The van der Waals surface area contributed by atoms with E-state index < -0.39 is 18.4 Å². The maximum Gasteiger partial charge on any atom is 0.392 e. The Balaban J connectivity index is 1.55. The lowest BCUT2D eigenvalue weighted by Gasteiger charge is -2.23. The number of anilines is 1. The first-order chi connectivity index (χ1) is 12.9. The van der Waals surface area contributed by atoms with Crippen molar-refractivity contribution in [2.45, 2.75) is 51.7 Å². The summed E-state index contributed by atoms with van der Waals surface area (Å²) in [7, 11) is 0. The molecule has 4 rings (SSSR count). The van der Waals surface area contributed by atoms with Crippen molar-refractivity contribution < 1.29 is 23.0 Å². The monoisotopic (exact) mass is 381 g/mol. The molecular formula is C19H22F3N3O2. The summed E-state index contributed by atoms with van der Waals surface area (Å²) in [6.45, 7) is 3.35. The fourth-order valence-electron chi connectivity index (χ4n) is 3.97. The second-order valence-corrected chi connectivity index (χ2v) is 7.12. The molecule has 0 bridgehead atoms. The number of aromatic amines is 1. The molecule has 1 aliphatic heterocycles. The summed E-state index contributed by atoms with van der Waals surface area (Å²) < 4.78 is 44.4. The highest BCUT2D eigenvalue weighted by Crippen LogP contribution is 2.38. The Morgan fingerprint density at radius 3 is 2.93 bits per heavy atom. The van der Waals surface area contributed by atoms with Crippen LogP contribution in [0.1, 0.15) is 47.7 Å². The number of H-pyrrole nitrogens is 1. The van der Waals surface area contributed by atoms with Gasteiger partial charge in [0.15, 0.2) is 6.29 Å². The van der Waals surface area contributed by atoms with E-state index in [9.17, 15) is 18.3 Å². The van der Waals surface area contributed by atoms with Gasteiger partial charge in [0.2, 0.25) is 5.95 Å². The fraction of sp³-hybridized carbons (Fsp3) is 0.526. The zero-order chi connectivity index (χ0) is 19.2. The number of nitrogens with zero attached hydrogens (tertiary/aromatic N) is 2. The molecule has 2 aliphatic rings. The van der Waals surface area contributed by atoms with E-state index in [1.54, 1.807) is 0 Å². The molecule has 146 valence electrons. The minimum Gasteiger partial charge on any atom is -0.364 e. The molecule has 0 spiro atoms. The van der Waals surface area contributed by atoms with Crippen LogP contribution in [0.15, 0.2) is 18.2 Å². The van der Waals surface area contributed by atoms with Crippen molar-refractivity contribution in [3.8, 4) is 0 Å². The highest BCUT2D eigenvalue weighted by atomic mass is 19.4. The molecule has 0 saturated carbocycles. The average molecular weight is 381 g/mol. The number of ether oxygens (including phenoxy) is 1. The van der Waals surface area contributed by atoms with E-state index >= 15 is 0 Å². The van der Waals surface area contributed by atoms with Crippen molar-refractivity contribution >= 4 is 5.95 Å². The number of aryl methyl sites for hydroxylation is 1. The van der Waals surface area contributed by atoms with Crippen molar-refractivity contribution in [1.29, 1.82) is 0 Å². The Kier molecular flexibility index (Phi) is 4.63. The van der Waals surface area contributed by atoms with Crippen LogP contribution in [0.3, 0.4) is 0 Å². The standard InChI is InChI=1S/C19H22F3N3O2/c1-2-27-17(26)13-5-3-4-11-9-25(10-14(11)13)18-23-15-7-6-12(19(20,21)22)8-16(15)24-18/h3-5,12,17,26H,2,6-10H2,1H3,(H,23,24)/t12-,17?/m1/s1. The van der Waals surface area contributed by atoms with E-state index in [0.717, 1.165) is 22.4 Å². The summed E-state index contributed by atoms with van der Waals surface area (Å²) in [4.78, 5) is 9.65. The lowest BCUT2D eigenvalue weighted by Crippen LogP contribution is -2.28. The van der Waals surface area contributed by atoms with Gasteiger partial charge in [0.1, 0.15) is 0 Å². The first-order valence-electron chi connectivity index (χ1n) is 9.16. The average Bonchev–Trinajstić information content (AvgIpc) is 3.23. The van der Waals surface area contributed by atoms with Crippen molar-refractivity contribution in [2.75, 3.05) is 11.5 Å². The Morgan fingerprint density at radius 1 is 1.37 bits per heavy atom. The lowest BCUT2D eigenvalue weighted by atomic mass is 9.89. The fourth-order valence-corrected chi connectivity index (χ4v) is 3.97. The molecule has 1 aromatic carbocycles. The van der Waals surface area contributed by atoms with Crippen molar-refractivity contribution in [2.24, 2.45) is 5.92 Å². The molecule has 2 N–H and O–H groups in total. The maximum atomic E-state index is 13.0. The molecular weight excluding hydrogens is 359 g/mol. The third-order valence-electron chi connectivity index (χ3n) is 5.40. The number of alkyl halides is 3. The molecule has 0 fully saturated rings. The van der Waals surface area contributed by atoms with Crippen LogP contribution in [0.25, 0.3) is 0 Å². The second kappa shape index (κ2) is 6.83. The van der Waals surface area contributed by atoms with Crippen LogP contribution in [-0.2, 0) is 30.7 Å². The van der Waals surface area contributed by atoms with E-state index in [4.69, 9.17) is 4.74 Å². The molecule has 27 heavy (non-hydrogen) atoms. The zero-order valence-corrected chi connectivity index (χ0v) is 15.0. The van der Waals surface area contributed by atoms with Crippen molar-refractivity contribution in [3.63, 3.8) is 0 Å². The van der Waals surface area contributed by atoms with Gasteiger partial charge in [-0.15, -0.1) is 0 Å². The largest absolute Gasteiger partial charge is 0.392 e. The highest BCUT2D eigenvalue weighted by molar-refractivity contribution is 5.48. The molecule has 0 saturated heterocycles. The minimum atomic E-state index is -4.17. The van der Waals surface area contributed by atoms with Crippen LogP contribution >= 0.6 is 0 Å². The maximum absolute atomic E-state index is 13.0. The molecule has 1 unspecified atom stereocenters. The predicted octanol–water partition coefficient (Wildman–Crippen LogP) is 3.62. The number of aliphatic hydroxyl groups is 1. The number of aliphatic hydroxyl groups excluding tert-OH is 1. The van der Waals surface area contributed by atoms with Crippen LogP contribution in [0.2, 0.25) is 0 Å². The first kappa shape index (κ1) is 18.3. The molecule has 2 atom stereocenters. The SMILES string of the molecule is CCOC(O)c1cccc2c1CN(c1nc3c([nH]1)C[C@H](C(F)(F)F)CC3)C2. The predicted molar refractivity (Wildman–Crippen MR) is 93.1 cm³/mol. The Bertz CT molecular complexity index is 834. The van der Waals surface area contributed by atoms with E-state index in [2.05, 4.69) is 9.97 Å². The van der Waals surface area contributed by atoms with Crippen LogP contribution in [0.5, 0.6) is 0 Å². The Labute approximate surface area is 155 Å². The van der Waals surface area contributed by atoms with Gasteiger partial charge >= 0.3 is 6.18 Å². The number of benzene rings is 1. The van der Waals surface area contributed by atoms with Gasteiger partial charge in [-0.3, -0.25) is 0 Å². The number of rotatable bonds is 4. The molecule has 8 heteroatoms. The van der Waals surface area contributed by atoms with Gasteiger partial charge in [-0.1, -0.05) is 18.2 Å². The van der Waals surface area contributed by atoms with E-state index in [1.807, 2.05) is 30.0 Å². The molecule has 0 radical (unpaired) electrons. The zero-order valence-electron chi connectivity index (χ0n) is 15.0. The summed E-state index contributed by atoms with van der Waals surface area (Å²) in [5, 5.41) is 10.2. The molecule has 0 amide bonds. The number of hydrogen-bond acceptors (Lipinski definition) is 4. The van der Waals surface area contributed by atoms with E-state index in [1.165, 1.54) is 0 Å². The number of hydrogen-bond donors (Lipinski definition) is 2. The summed E-state index contributed by atoms with van der Waals surface area (Å²) in [5.41, 5.74) is 4.10. The number of halogens is 3. The number of nitrogens with one attached hydrogen (secondary N) is 1. The molecule has 1 aromatic heterocycles. The van der Waals surface area contributed by atoms with Crippen LogP contribution in [-0.4, -0.2) is 27.9 Å². The van der Waals surface area contributed by atoms with Crippen molar-refractivity contribution in [1.82, 2.24) is 9.97 Å². The second-order valence-electron chi connectivity index (χ2n) is 7.12. The molecule has 2 heterocycles. The third kappa shape index (κ3) is 3.43. The van der Waals surface area contributed by atoms with Gasteiger partial charge in [0, 0.05) is 37.4 Å². The van der Waals surface area contributed by atoms with Crippen LogP contribution < -0.4 is 4.90 Å². The van der Waals surface area contributed by atoms with Crippen LogP contribution in [0, 0.1) is 5.92 Å². The first-order valence-corrected chi connectivity index (χ1v) is 9.16. The topological polar surface area (TPSA) is 61.4 Å². The summed E-state index contributed by atoms with van der Waals surface area (Å²) in [6, 6.07) is 5.70. The van der Waals surface area contributed by atoms with Gasteiger partial charge in [0.05, 0.1) is 11.6 Å². The van der Waals surface area contributed by atoms with Gasteiger partial charge in [-0.05, 0) is 30.9 Å². The Morgan fingerprint density at radius 2 is 2.19 bits per heavy atom. The number of imidazole rings is 1. The van der Waals surface area contributed by atoms with Gasteiger partial charge < -0.3 is 19.7 Å². The molecule has 5 nitrogen and oxygen atoms in total. The minimum absolute atomic E-state index is 0.0407. The number of aromatic nitrogens is 2. The van der Waals surface area contributed by atoms with Crippen LogP contribution in [0.4, 0.5) is 19.1 Å². The Hall–Kier alpha value is -2.06. The van der Waals surface area contributed by atoms with E-state index in [0.29, 0.717) is 37.8 Å². The van der Waals surface area contributed by atoms with E-state index in [-0.39, 0.29) is 12.8 Å². The highest BCUT2D eigenvalue weighted by Gasteiger charge is 2.42.